The molecule has 0 aliphatic rings. The first-order chi connectivity index (χ1) is 14.1. The summed E-state index contributed by atoms with van der Waals surface area (Å²) in [4.78, 5) is 8.99. The van der Waals surface area contributed by atoms with Gasteiger partial charge in [0.2, 0.25) is 5.89 Å². The molecule has 4 aromatic rings. The number of phenols is 1. The SMILES string of the molecule is CCc1ccc2oc(-c3cc(N=CC=Cc4ccc(Br)cc4)ccc3O)nc2c1. The van der Waals surface area contributed by atoms with Gasteiger partial charge in [0.05, 0.1) is 11.3 Å². The van der Waals surface area contributed by atoms with Gasteiger partial charge in [-0.1, -0.05) is 47.1 Å². The molecule has 1 N–H and O–H groups in total. The number of fused-ring (bicyclic) bond motifs is 1. The number of halogens is 1. The number of aliphatic imine (C=N–C) groups is 1. The van der Waals surface area contributed by atoms with Crippen LogP contribution in [0.25, 0.3) is 28.6 Å². The summed E-state index contributed by atoms with van der Waals surface area (Å²) in [7, 11) is 0. The Morgan fingerprint density at radius 1 is 1.07 bits per heavy atom. The average Bonchev–Trinajstić information content (AvgIpc) is 3.16. The highest BCUT2D eigenvalue weighted by atomic mass is 79.9. The Labute approximate surface area is 177 Å². The Balaban J connectivity index is 1.58. The van der Waals surface area contributed by atoms with Crippen molar-refractivity contribution in [2.24, 2.45) is 4.99 Å². The van der Waals surface area contributed by atoms with E-state index in [1.807, 2.05) is 54.6 Å². The highest BCUT2D eigenvalue weighted by Gasteiger charge is 2.13. The molecule has 3 aromatic carbocycles. The Morgan fingerprint density at radius 2 is 1.90 bits per heavy atom. The number of benzene rings is 3. The second-order valence-electron chi connectivity index (χ2n) is 6.56. The molecule has 0 fully saturated rings. The normalized spacial score (nSPS) is 11.8. The van der Waals surface area contributed by atoms with Gasteiger partial charge in [-0.2, -0.15) is 0 Å². The van der Waals surface area contributed by atoms with Gasteiger partial charge in [0.25, 0.3) is 0 Å². The second kappa shape index (κ2) is 8.45. The Bertz CT molecular complexity index is 1210. The highest BCUT2D eigenvalue weighted by molar-refractivity contribution is 9.10. The van der Waals surface area contributed by atoms with Crippen LogP contribution in [0.2, 0.25) is 0 Å². The molecule has 4 rings (SSSR count). The van der Waals surface area contributed by atoms with E-state index in [-0.39, 0.29) is 5.75 Å². The van der Waals surface area contributed by atoms with Crippen molar-refractivity contribution < 1.29 is 9.52 Å². The molecule has 0 spiro atoms. The van der Waals surface area contributed by atoms with Crippen LogP contribution in [0.15, 0.2) is 80.6 Å². The predicted octanol–water partition coefficient (Wildman–Crippen LogP) is 6.94. The highest BCUT2D eigenvalue weighted by Crippen LogP contribution is 2.34. The lowest BCUT2D eigenvalue weighted by Crippen LogP contribution is -1.80. The number of phenolic OH excluding ortho intramolecular Hbond substituents is 1. The molecule has 0 aliphatic carbocycles. The van der Waals surface area contributed by atoms with Crippen LogP contribution in [0.1, 0.15) is 18.1 Å². The zero-order chi connectivity index (χ0) is 20.2. The maximum absolute atomic E-state index is 10.3. The lowest BCUT2D eigenvalue weighted by Gasteiger charge is -2.01. The summed E-state index contributed by atoms with van der Waals surface area (Å²) in [6.07, 6.45) is 6.50. The van der Waals surface area contributed by atoms with Crippen molar-refractivity contribution in [3.63, 3.8) is 0 Å². The minimum atomic E-state index is 0.108. The number of nitrogens with zero attached hydrogens (tertiary/aromatic N) is 2. The molecule has 1 aromatic heterocycles. The molecule has 0 saturated carbocycles. The van der Waals surface area contributed by atoms with Crippen LogP contribution in [-0.2, 0) is 6.42 Å². The average molecular weight is 447 g/mol. The molecule has 0 radical (unpaired) electrons. The van der Waals surface area contributed by atoms with E-state index in [9.17, 15) is 5.11 Å². The van der Waals surface area contributed by atoms with Crippen molar-refractivity contribution in [2.45, 2.75) is 13.3 Å². The van der Waals surface area contributed by atoms with E-state index in [2.05, 4.69) is 32.8 Å². The van der Waals surface area contributed by atoms with Crippen LogP contribution in [-0.4, -0.2) is 16.3 Å². The molecule has 5 heteroatoms. The molecular formula is C24H19BrN2O2. The second-order valence-corrected chi connectivity index (χ2v) is 7.48. The monoisotopic (exact) mass is 446 g/mol. The first kappa shape index (κ1) is 19.2. The van der Waals surface area contributed by atoms with Gasteiger partial charge in [0, 0.05) is 10.7 Å². The van der Waals surface area contributed by atoms with Gasteiger partial charge in [-0.05, 0) is 66.1 Å². The van der Waals surface area contributed by atoms with E-state index in [4.69, 9.17) is 4.42 Å². The Morgan fingerprint density at radius 3 is 2.69 bits per heavy atom. The summed E-state index contributed by atoms with van der Waals surface area (Å²) < 4.78 is 6.89. The summed E-state index contributed by atoms with van der Waals surface area (Å²) in [5.41, 5.74) is 4.98. The molecule has 0 bridgehead atoms. The minimum absolute atomic E-state index is 0.108. The van der Waals surface area contributed by atoms with Gasteiger partial charge < -0.3 is 9.52 Å². The molecule has 0 saturated heterocycles. The number of oxazole rings is 1. The minimum Gasteiger partial charge on any atom is -0.507 e. The lowest BCUT2D eigenvalue weighted by atomic mass is 10.1. The quantitative estimate of drug-likeness (QED) is 0.337. The third-order valence-corrected chi connectivity index (χ3v) is 5.07. The molecule has 144 valence electrons. The van der Waals surface area contributed by atoms with Crippen LogP contribution < -0.4 is 0 Å². The molecule has 1 heterocycles. The van der Waals surface area contributed by atoms with Gasteiger partial charge in [-0.3, -0.25) is 4.99 Å². The summed E-state index contributed by atoms with van der Waals surface area (Å²) in [5.74, 6) is 0.491. The van der Waals surface area contributed by atoms with Crippen LogP contribution in [0.5, 0.6) is 5.75 Å². The molecular weight excluding hydrogens is 428 g/mol. The van der Waals surface area contributed by atoms with E-state index < -0.39 is 0 Å². The fourth-order valence-electron chi connectivity index (χ4n) is 2.94. The molecule has 0 amide bonds. The summed E-state index contributed by atoms with van der Waals surface area (Å²) >= 11 is 3.42. The van der Waals surface area contributed by atoms with E-state index in [1.165, 1.54) is 5.56 Å². The zero-order valence-electron chi connectivity index (χ0n) is 15.8. The smallest absolute Gasteiger partial charge is 0.231 e. The zero-order valence-corrected chi connectivity index (χ0v) is 17.4. The number of hydrogen-bond acceptors (Lipinski definition) is 4. The van der Waals surface area contributed by atoms with Crippen LogP contribution in [0.3, 0.4) is 0 Å². The topological polar surface area (TPSA) is 58.6 Å². The van der Waals surface area contributed by atoms with Gasteiger partial charge in [0.15, 0.2) is 5.58 Å². The first-order valence-corrected chi connectivity index (χ1v) is 10.1. The number of rotatable bonds is 5. The maximum Gasteiger partial charge on any atom is 0.231 e. The van der Waals surface area contributed by atoms with E-state index >= 15 is 0 Å². The maximum atomic E-state index is 10.3. The van der Waals surface area contributed by atoms with E-state index in [0.29, 0.717) is 22.7 Å². The van der Waals surface area contributed by atoms with Crippen molar-refractivity contribution in [1.82, 2.24) is 4.98 Å². The van der Waals surface area contributed by atoms with Crippen molar-refractivity contribution in [2.75, 3.05) is 0 Å². The predicted molar refractivity (Wildman–Crippen MR) is 122 cm³/mol. The molecule has 0 atom stereocenters. The molecule has 4 nitrogen and oxygen atoms in total. The number of aromatic nitrogens is 1. The summed E-state index contributed by atoms with van der Waals surface area (Å²) in [6.45, 7) is 2.10. The number of aryl methyl sites for hydroxylation is 1. The van der Waals surface area contributed by atoms with Crippen molar-refractivity contribution in [3.8, 4) is 17.2 Å². The standard InChI is InChI=1S/C24H19BrN2O2/c1-2-16-7-12-23-21(14-16)27-24(29-23)20-15-19(10-11-22(20)28)26-13-3-4-17-5-8-18(25)9-6-17/h3-15,28H,2H2,1H3. The number of hydrogen-bond donors (Lipinski definition) is 1. The van der Waals surface area contributed by atoms with Gasteiger partial charge in [0.1, 0.15) is 11.3 Å². The van der Waals surface area contributed by atoms with Crippen molar-refractivity contribution >= 4 is 45.0 Å². The fourth-order valence-corrected chi connectivity index (χ4v) is 3.21. The van der Waals surface area contributed by atoms with Crippen LogP contribution >= 0.6 is 15.9 Å². The first-order valence-electron chi connectivity index (χ1n) is 9.31. The Hall–Kier alpha value is -3.18. The summed E-state index contributed by atoms with van der Waals surface area (Å²) in [5, 5.41) is 10.3. The third kappa shape index (κ3) is 4.46. The van der Waals surface area contributed by atoms with Gasteiger partial charge in [-0.15, -0.1) is 0 Å². The van der Waals surface area contributed by atoms with E-state index in [1.54, 1.807) is 24.4 Å². The largest absolute Gasteiger partial charge is 0.507 e. The van der Waals surface area contributed by atoms with Crippen LogP contribution in [0, 0.1) is 0 Å². The summed E-state index contributed by atoms with van der Waals surface area (Å²) in [6, 6.07) is 19.1. The third-order valence-electron chi connectivity index (χ3n) is 4.54. The Kier molecular flexibility index (Phi) is 5.58. The van der Waals surface area contributed by atoms with Crippen molar-refractivity contribution in [3.05, 3.63) is 82.3 Å². The van der Waals surface area contributed by atoms with Gasteiger partial charge >= 0.3 is 0 Å². The number of aromatic hydroxyl groups is 1. The van der Waals surface area contributed by atoms with Gasteiger partial charge in [-0.25, -0.2) is 4.98 Å². The lowest BCUT2D eigenvalue weighted by molar-refractivity contribution is 0.474. The fraction of sp³-hybridized carbons (Fsp3) is 0.0833. The molecule has 29 heavy (non-hydrogen) atoms. The molecule has 0 unspecified atom stereocenters. The van der Waals surface area contributed by atoms with E-state index in [0.717, 1.165) is 22.0 Å². The van der Waals surface area contributed by atoms with Crippen LogP contribution in [0.4, 0.5) is 5.69 Å². The number of allylic oxidation sites excluding steroid dienone is 1. The molecule has 0 aliphatic heterocycles. The van der Waals surface area contributed by atoms with Crippen molar-refractivity contribution in [1.29, 1.82) is 0 Å².